The monoisotopic (exact) mass is 401 g/mol. The number of nitrogens with one attached hydrogen (secondary N) is 1. The Labute approximate surface area is 170 Å². The van der Waals surface area contributed by atoms with E-state index in [1.165, 1.54) is 19.2 Å². The largest absolute Gasteiger partial charge is 0.495 e. The maximum Gasteiger partial charge on any atom is 0.311 e. The van der Waals surface area contributed by atoms with E-state index < -0.39 is 4.92 Å². The molecule has 1 saturated heterocycles. The average molecular weight is 401 g/mol. The molecule has 2 heterocycles. The number of rotatable bonds is 9. The van der Waals surface area contributed by atoms with Gasteiger partial charge in [-0.25, -0.2) is 0 Å². The lowest BCUT2D eigenvalue weighted by molar-refractivity contribution is -0.384. The van der Waals surface area contributed by atoms with Crippen molar-refractivity contribution in [2.45, 2.75) is 6.42 Å². The van der Waals surface area contributed by atoms with Gasteiger partial charge in [-0.05, 0) is 25.1 Å². The molecule has 9 heteroatoms. The molecule has 1 aromatic heterocycles. The quantitative estimate of drug-likeness (QED) is 0.389. The number of methoxy groups -OCH3 is 2. The lowest BCUT2D eigenvalue weighted by Gasteiger charge is -2.36. The molecule has 29 heavy (non-hydrogen) atoms. The Morgan fingerprint density at radius 3 is 2.55 bits per heavy atom. The summed E-state index contributed by atoms with van der Waals surface area (Å²) < 4.78 is 10.5. The molecule has 0 spiro atoms. The maximum absolute atomic E-state index is 11.2. The number of ether oxygens (including phenoxy) is 2. The fraction of sp³-hybridized carbons (Fsp3) is 0.450. The number of piperazine rings is 1. The molecule has 3 rings (SSSR count). The van der Waals surface area contributed by atoms with Gasteiger partial charge in [-0.3, -0.25) is 15.0 Å². The third-order valence-corrected chi connectivity index (χ3v) is 5.00. The molecule has 1 N–H and O–H groups in total. The second kappa shape index (κ2) is 9.92. The Hall–Kier alpha value is -3.07. The average Bonchev–Trinajstić information content (AvgIpc) is 2.76. The third-order valence-electron chi connectivity index (χ3n) is 5.00. The molecular weight excluding hydrogens is 374 g/mol. The van der Waals surface area contributed by atoms with Crippen LogP contribution in [0.25, 0.3) is 0 Å². The van der Waals surface area contributed by atoms with Crippen LogP contribution in [0.1, 0.15) is 6.42 Å². The predicted octanol–water partition coefficient (Wildman–Crippen LogP) is 2.63. The first kappa shape index (κ1) is 20.7. The molecule has 1 fully saturated rings. The summed E-state index contributed by atoms with van der Waals surface area (Å²) in [4.78, 5) is 19.6. The molecule has 1 aliphatic rings. The number of hydrogen-bond donors (Lipinski definition) is 1. The molecule has 0 bridgehead atoms. The van der Waals surface area contributed by atoms with E-state index in [-0.39, 0.29) is 11.5 Å². The van der Waals surface area contributed by atoms with Crippen molar-refractivity contribution in [3.8, 4) is 11.6 Å². The Balaban J connectivity index is 1.45. The van der Waals surface area contributed by atoms with Crippen LogP contribution in [0.4, 0.5) is 17.2 Å². The molecule has 0 unspecified atom stereocenters. The van der Waals surface area contributed by atoms with Crippen molar-refractivity contribution in [2.75, 3.05) is 63.7 Å². The van der Waals surface area contributed by atoms with Crippen molar-refractivity contribution in [1.29, 1.82) is 0 Å². The van der Waals surface area contributed by atoms with Crippen LogP contribution in [-0.4, -0.2) is 68.3 Å². The minimum atomic E-state index is -0.439. The summed E-state index contributed by atoms with van der Waals surface area (Å²) in [5, 5.41) is 14.2. The minimum absolute atomic E-state index is 0.0452. The zero-order valence-corrected chi connectivity index (χ0v) is 16.8. The van der Waals surface area contributed by atoms with Crippen molar-refractivity contribution in [3.63, 3.8) is 0 Å². The summed E-state index contributed by atoms with van der Waals surface area (Å²) in [6, 6.07) is 11.0. The fourth-order valence-electron chi connectivity index (χ4n) is 3.44. The molecule has 0 saturated carbocycles. The van der Waals surface area contributed by atoms with Crippen molar-refractivity contribution in [1.82, 2.24) is 9.88 Å². The van der Waals surface area contributed by atoms with Crippen molar-refractivity contribution >= 4 is 17.2 Å². The summed E-state index contributed by atoms with van der Waals surface area (Å²) >= 11 is 0. The molecule has 1 aromatic carbocycles. The maximum atomic E-state index is 11.2. The van der Waals surface area contributed by atoms with E-state index in [0.29, 0.717) is 12.4 Å². The fourth-order valence-corrected chi connectivity index (χ4v) is 3.44. The van der Waals surface area contributed by atoms with E-state index in [1.807, 2.05) is 18.2 Å². The standard InChI is InChI=1S/C20H27N5O4/c1-28-18-7-4-3-6-16(18)24-14-12-23(13-15-24)11-5-10-21-20-17(25(26)27)8-9-19(22-20)29-2/h3-4,6-9H,5,10-15H2,1-2H3,(H,21,22). The second-order valence-corrected chi connectivity index (χ2v) is 6.76. The van der Waals surface area contributed by atoms with E-state index in [1.54, 1.807) is 7.11 Å². The first-order chi connectivity index (χ1) is 14.1. The smallest absolute Gasteiger partial charge is 0.311 e. The van der Waals surface area contributed by atoms with Crippen LogP contribution in [-0.2, 0) is 0 Å². The highest BCUT2D eigenvalue weighted by Crippen LogP contribution is 2.28. The SMILES string of the molecule is COc1ccc([N+](=O)[O-])c(NCCCN2CCN(c3ccccc3OC)CC2)n1. The number of pyridine rings is 1. The molecular formula is C20H27N5O4. The Kier molecular flexibility index (Phi) is 7.07. The van der Waals surface area contributed by atoms with E-state index in [2.05, 4.69) is 26.2 Å². The molecule has 0 atom stereocenters. The van der Waals surface area contributed by atoms with Gasteiger partial charge in [0.1, 0.15) is 5.75 Å². The van der Waals surface area contributed by atoms with E-state index in [0.717, 1.165) is 50.6 Å². The van der Waals surface area contributed by atoms with Crippen LogP contribution in [0, 0.1) is 10.1 Å². The third kappa shape index (κ3) is 5.26. The van der Waals surface area contributed by atoms with Crippen LogP contribution in [0.15, 0.2) is 36.4 Å². The summed E-state index contributed by atoms with van der Waals surface area (Å²) in [5.74, 6) is 1.50. The molecule has 1 aliphatic heterocycles. The number of anilines is 2. The number of nitrogens with zero attached hydrogens (tertiary/aromatic N) is 4. The van der Waals surface area contributed by atoms with Crippen molar-refractivity contribution in [2.24, 2.45) is 0 Å². The van der Waals surface area contributed by atoms with Crippen molar-refractivity contribution in [3.05, 3.63) is 46.5 Å². The Morgan fingerprint density at radius 1 is 1.10 bits per heavy atom. The first-order valence-electron chi connectivity index (χ1n) is 9.66. The summed E-state index contributed by atoms with van der Waals surface area (Å²) in [5.41, 5.74) is 1.09. The second-order valence-electron chi connectivity index (χ2n) is 6.76. The number of hydrogen-bond acceptors (Lipinski definition) is 8. The molecule has 0 amide bonds. The van der Waals surface area contributed by atoms with Gasteiger partial charge in [0.2, 0.25) is 11.7 Å². The van der Waals surface area contributed by atoms with Crippen LogP contribution in [0.2, 0.25) is 0 Å². The van der Waals surface area contributed by atoms with Gasteiger partial charge in [-0.2, -0.15) is 4.98 Å². The van der Waals surface area contributed by atoms with E-state index >= 15 is 0 Å². The minimum Gasteiger partial charge on any atom is -0.495 e. The summed E-state index contributed by atoms with van der Waals surface area (Å²) in [7, 11) is 3.19. The normalized spacial score (nSPS) is 14.5. The Morgan fingerprint density at radius 2 is 1.86 bits per heavy atom. The highest BCUT2D eigenvalue weighted by Gasteiger charge is 2.20. The number of nitro groups is 1. The van der Waals surface area contributed by atoms with Gasteiger partial charge >= 0.3 is 5.69 Å². The molecule has 9 nitrogen and oxygen atoms in total. The first-order valence-corrected chi connectivity index (χ1v) is 9.66. The van der Waals surface area contributed by atoms with Crippen LogP contribution in [0.5, 0.6) is 11.6 Å². The van der Waals surface area contributed by atoms with Crippen LogP contribution >= 0.6 is 0 Å². The number of aromatic nitrogens is 1. The van der Waals surface area contributed by atoms with E-state index in [4.69, 9.17) is 9.47 Å². The van der Waals surface area contributed by atoms with Crippen LogP contribution < -0.4 is 19.7 Å². The van der Waals surface area contributed by atoms with Gasteiger partial charge in [-0.1, -0.05) is 12.1 Å². The predicted molar refractivity (Wildman–Crippen MR) is 112 cm³/mol. The van der Waals surface area contributed by atoms with Crippen LogP contribution in [0.3, 0.4) is 0 Å². The van der Waals surface area contributed by atoms with Gasteiger partial charge in [0, 0.05) is 44.9 Å². The van der Waals surface area contributed by atoms with Crippen molar-refractivity contribution < 1.29 is 14.4 Å². The van der Waals surface area contributed by atoms with Gasteiger partial charge < -0.3 is 19.7 Å². The van der Waals surface area contributed by atoms with Gasteiger partial charge in [-0.15, -0.1) is 0 Å². The zero-order valence-electron chi connectivity index (χ0n) is 16.8. The van der Waals surface area contributed by atoms with Gasteiger partial charge in [0.05, 0.1) is 24.8 Å². The highest BCUT2D eigenvalue weighted by molar-refractivity contribution is 5.59. The number of benzene rings is 1. The Bertz CT molecular complexity index is 824. The molecule has 156 valence electrons. The number of para-hydroxylation sites is 2. The lowest BCUT2D eigenvalue weighted by atomic mass is 10.2. The zero-order chi connectivity index (χ0) is 20.6. The van der Waals surface area contributed by atoms with Gasteiger partial charge in [0.15, 0.2) is 0 Å². The molecule has 0 aliphatic carbocycles. The lowest BCUT2D eigenvalue weighted by Crippen LogP contribution is -2.46. The molecule has 2 aromatic rings. The summed E-state index contributed by atoms with van der Waals surface area (Å²) in [6.07, 6.45) is 0.866. The molecule has 0 radical (unpaired) electrons. The topological polar surface area (TPSA) is 93.0 Å². The summed E-state index contributed by atoms with van der Waals surface area (Å²) in [6.45, 7) is 5.34. The highest BCUT2D eigenvalue weighted by atomic mass is 16.6. The van der Waals surface area contributed by atoms with Gasteiger partial charge in [0.25, 0.3) is 0 Å². The van der Waals surface area contributed by atoms with E-state index in [9.17, 15) is 10.1 Å².